The third kappa shape index (κ3) is 6.47. The number of pyridine rings is 1. The summed E-state index contributed by atoms with van der Waals surface area (Å²) in [6, 6.07) is 9.01. The van der Waals surface area contributed by atoms with E-state index in [1.165, 1.54) is 13.0 Å². The van der Waals surface area contributed by atoms with Crippen molar-refractivity contribution in [2.75, 3.05) is 10.6 Å². The van der Waals surface area contributed by atoms with Crippen molar-refractivity contribution in [2.24, 2.45) is 0 Å². The molecule has 2 aromatic heterocycles. The largest absolute Gasteiger partial charge is 0.326 e. The molecule has 0 aliphatic heterocycles. The molecule has 33 heavy (non-hydrogen) atoms. The molecule has 0 aliphatic rings. The summed E-state index contributed by atoms with van der Waals surface area (Å²) in [6.07, 6.45) is -1.93. The van der Waals surface area contributed by atoms with Crippen LogP contribution < -0.4 is 16.2 Å². The van der Waals surface area contributed by atoms with E-state index in [2.05, 4.69) is 22.5 Å². The lowest BCUT2D eigenvalue weighted by Gasteiger charge is -2.09. The van der Waals surface area contributed by atoms with Crippen molar-refractivity contribution in [2.45, 2.75) is 19.9 Å². The Balaban J connectivity index is 1.79. The number of nitrogens with zero attached hydrogens (tertiary/aromatic N) is 1. The first kappa shape index (κ1) is 24.1. The second-order valence-corrected chi connectivity index (χ2v) is 8.34. The van der Waals surface area contributed by atoms with Gasteiger partial charge in [0, 0.05) is 30.4 Å². The molecule has 2 N–H and O–H groups in total. The van der Waals surface area contributed by atoms with Crippen molar-refractivity contribution < 1.29 is 22.8 Å². The quantitative estimate of drug-likeness (QED) is 0.511. The van der Waals surface area contributed by atoms with Crippen LogP contribution in [0.3, 0.4) is 0 Å². The molecule has 0 atom stereocenters. The third-order valence-electron chi connectivity index (χ3n) is 4.07. The number of thiophene rings is 1. The van der Waals surface area contributed by atoms with Gasteiger partial charge in [0.1, 0.15) is 4.34 Å². The van der Waals surface area contributed by atoms with Gasteiger partial charge in [-0.2, -0.15) is 0 Å². The molecule has 0 fully saturated rings. The molecule has 6 nitrogen and oxygen atoms in total. The predicted octanol–water partition coefficient (Wildman–Crippen LogP) is 4.58. The molecular formula is C22H15ClF3N3O3S. The van der Waals surface area contributed by atoms with Crippen LogP contribution in [0.1, 0.15) is 27.7 Å². The monoisotopic (exact) mass is 493 g/mol. The van der Waals surface area contributed by atoms with Crippen LogP contribution in [0.5, 0.6) is 0 Å². The van der Waals surface area contributed by atoms with Crippen molar-refractivity contribution in [3.63, 3.8) is 0 Å². The van der Waals surface area contributed by atoms with E-state index in [1.54, 1.807) is 24.3 Å². The fraction of sp³-hybridized carbons (Fsp3) is 0.136. The number of halogens is 4. The van der Waals surface area contributed by atoms with E-state index in [9.17, 15) is 27.6 Å². The Morgan fingerprint density at radius 3 is 2.61 bits per heavy atom. The molecule has 3 aromatic rings. The Morgan fingerprint density at radius 2 is 1.91 bits per heavy atom. The van der Waals surface area contributed by atoms with Gasteiger partial charge in [-0.05, 0) is 24.3 Å². The number of nitrogens with one attached hydrogen (secondary N) is 2. The second-order valence-electron chi connectivity index (χ2n) is 6.69. The Morgan fingerprint density at radius 1 is 1.15 bits per heavy atom. The van der Waals surface area contributed by atoms with Crippen molar-refractivity contribution >= 4 is 46.1 Å². The van der Waals surface area contributed by atoms with Crippen LogP contribution in [0.2, 0.25) is 4.34 Å². The highest BCUT2D eigenvalue weighted by molar-refractivity contribution is 7.18. The van der Waals surface area contributed by atoms with Gasteiger partial charge in [0.2, 0.25) is 5.91 Å². The average Bonchev–Trinajstić information content (AvgIpc) is 3.10. The summed E-state index contributed by atoms with van der Waals surface area (Å²) in [5.74, 6) is 3.56. The summed E-state index contributed by atoms with van der Waals surface area (Å²) in [5, 5.41) is 5.01. The highest BCUT2D eigenvalue weighted by atomic mass is 35.5. The molecule has 0 unspecified atom stereocenters. The molecule has 0 saturated heterocycles. The van der Waals surface area contributed by atoms with E-state index in [0.717, 1.165) is 23.6 Å². The summed E-state index contributed by atoms with van der Waals surface area (Å²) in [5.41, 5.74) is 0.167. The van der Waals surface area contributed by atoms with Crippen molar-refractivity contribution in [3.8, 4) is 11.8 Å². The number of rotatable bonds is 5. The van der Waals surface area contributed by atoms with Gasteiger partial charge in [0.15, 0.2) is 5.82 Å². The molecular weight excluding hydrogens is 479 g/mol. The fourth-order valence-corrected chi connectivity index (χ4v) is 3.81. The molecule has 0 radical (unpaired) electrons. The summed E-state index contributed by atoms with van der Waals surface area (Å²) in [7, 11) is 0. The number of aromatic nitrogens is 1. The first-order valence-electron chi connectivity index (χ1n) is 9.31. The summed E-state index contributed by atoms with van der Waals surface area (Å²) >= 11 is 7.10. The van der Waals surface area contributed by atoms with Gasteiger partial charge in [-0.25, -0.2) is 13.2 Å². The SMILES string of the molecule is CC(=O)Nc1cccc(C#Cc2cc(C(=O)Nc3cc(F)c(=O)n(CC(F)F)c3)sc2Cl)c1. The molecule has 0 aliphatic carbocycles. The van der Waals surface area contributed by atoms with Crippen LogP contribution >= 0.6 is 22.9 Å². The van der Waals surface area contributed by atoms with E-state index in [0.29, 0.717) is 21.4 Å². The molecule has 1 aromatic carbocycles. The maximum atomic E-state index is 13.8. The Labute approximate surface area is 195 Å². The third-order valence-corrected chi connectivity index (χ3v) is 5.43. The van der Waals surface area contributed by atoms with E-state index >= 15 is 0 Å². The van der Waals surface area contributed by atoms with E-state index < -0.39 is 30.3 Å². The van der Waals surface area contributed by atoms with Crippen LogP contribution in [0.15, 0.2) is 47.4 Å². The molecule has 2 amide bonds. The van der Waals surface area contributed by atoms with Gasteiger partial charge in [0.05, 0.1) is 22.7 Å². The van der Waals surface area contributed by atoms with Crippen LogP contribution in [0.4, 0.5) is 24.5 Å². The number of hydrogen-bond acceptors (Lipinski definition) is 4. The van der Waals surface area contributed by atoms with Gasteiger partial charge < -0.3 is 15.2 Å². The highest BCUT2D eigenvalue weighted by Gasteiger charge is 2.16. The zero-order valence-corrected chi connectivity index (χ0v) is 18.5. The predicted molar refractivity (Wildman–Crippen MR) is 121 cm³/mol. The minimum Gasteiger partial charge on any atom is -0.326 e. The van der Waals surface area contributed by atoms with Crippen LogP contribution in [-0.2, 0) is 11.3 Å². The highest BCUT2D eigenvalue weighted by Crippen LogP contribution is 2.28. The maximum absolute atomic E-state index is 13.8. The van der Waals surface area contributed by atoms with Crippen LogP contribution in [0, 0.1) is 17.7 Å². The van der Waals surface area contributed by atoms with E-state index in [-0.39, 0.29) is 20.8 Å². The van der Waals surface area contributed by atoms with Gasteiger partial charge >= 0.3 is 0 Å². The Bertz CT molecular complexity index is 1340. The minimum absolute atomic E-state index is 0.142. The maximum Gasteiger partial charge on any atom is 0.286 e. The fourth-order valence-electron chi connectivity index (χ4n) is 2.73. The molecule has 0 saturated carbocycles. The first-order chi connectivity index (χ1) is 15.6. The van der Waals surface area contributed by atoms with Gasteiger partial charge in [-0.15, -0.1) is 11.3 Å². The lowest BCUT2D eigenvalue weighted by Crippen LogP contribution is -2.26. The average molecular weight is 494 g/mol. The second kappa shape index (κ2) is 10.4. The molecule has 0 bridgehead atoms. The topological polar surface area (TPSA) is 80.2 Å². The Hall–Kier alpha value is -3.55. The summed E-state index contributed by atoms with van der Waals surface area (Å²) in [6.45, 7) is 0.380. The first-order valence-corrected chi connectivity index (χ1v) is 10.5. The number of carbonyl (C=O) groups is 2. The normalized spacial score (nSPS) is 10.5. The number of anilines is 2. The number of alkyl halides is 2. The number of carbonyl (C=O) groups excluding carboxylic acids is 2. The molecule has 0 spiro atoms. The molecule has 2 heterocycles. The van der Waals surface area contributed by atoms with Crippen LogP contribution in [-0.4, -0.2) is 22.8 Å². The van der Waals surface area contributed by atoms with E-state index in [1.807, 2.05) is 0 Å². The molecule has 11 heteroatoms. The summed E-state index contributed by atoms with van der Waals surface area (Å²) < 4.78 is 39.7. The number of amides is 2. The smallest absolute Gasteiger partial charge is 0.286 e. The zero-order valence-electron chi connectivity index (χ0n) is 16.9. The van der Waals surface area contributed by atoms with Gasteiger partial charge in [-0.3, -0.25) is 14.4 Å². The Kier molecular flexibility index (Phi) is 7.58. The van der Waals surface area contributed by atoms with Crippen molar-refractivity contribution in [3.05, 3.63) is 79.1 Å². The lowest BCUT2D eigenvalue weighted by atomic mass is 10.2. The molecule has 170 valence electrons. The van der Waals surface area contributed by atoms with Crippen molar-refractivity contribution in [1.29, 1.82) is 0 Å². The standard InChI is InChI=1S/C22H15ClF3N3O3S/c1-12(30)27-15-4-2-3-13(7-15)5-6-14-8-18(33-20(14)23)21(31)28-16-9-17(24)22(32)29(10-16)11-19(25)26/h2-4,7-10,19H,11H2,1H3,(H,27,30)(H,28,31). The summed E-state index contributed by atoms with van der Waals surface area (Å²) in [4.78, 5) is 35.5. The van der Waals surface area contributed by atoms with Crippen molar-refractivity contribution in [1.82, 2.24) is 4.57 Å². The van der Waals surface area contributed by atoms with E-state index in [4.69, 9.17) is 11.6 Å². The molecule has 3 rings (SSSR count). The van der Waals surface area contributed by atoms with Gasteiger partial charge in [-0.1, -0.05) is 29.5 Å². The van der Waals surface area contributed by atoms with Gasteiger partial charge in [0.25, 0.3) is 17.9 Å². The zero-order chi connectivity index (χ0) is 24.1. The number of benzene rings is 1. The lowest BCUT2D eigenvalue weighted by molar-refractivity contribution is -0.114. The number of hydrogen-bond donors (Lipinski definition) is 2. The minimum atomic E-state index is -2.87. The van der Waals surface area contributed by atoms with Crippen LogP contribution in [0.25, 0.3) is 0 Å².